The predicted molar refractivity (Wildman–Crippen MR) is 185 cm³/mol. The number of hydrogen-bond acceptors (Lipinski definition) is 5. The Morgan fingerprint density at radius 2 is 1.55 bits per heavy atom. The summed E-state index contributed by atoms with van der Waals surface area (Å²) in [5.41, 5.74) is 2.60. The highest BCUT2D eigenvalue weighted by atomic mass is 35.5. The van der Waals surface area contributed by atoms with Gasteiger partial charge in [0, 0.05) is 24.0 Å². The van der Waals surface area contributed by atoms with Gasteiger partial charge in [-0.15, -0.1) is 0 Å². The summed E-state index contributed by atoms with van der Waals surface area (Å²) < 4.78 is 35.3. The zero-order valence-electron chi connectivity index (χ0n) is 26.6. The molecule has 1 unspecified atom stereocenters. The van der Waals surface area contributed by atoms with Gasteiger partial charge in [0.25, 0.3) is 10.0 Å². The molecule has 5 rings (SSSR count). The van der Waals surface area contributed by atoms with Crippen LogP contribution < -0.4 is 14.4 Å². The van der Waals surface area contributed by atoms with Gasteiger partial charge in [-0.1, -0.05) is 91.2 Å². The smallest absolute Gasteiger partial charge is 0.264 e. The van der Waals surface area contributed by atoms with Crippen LogP contribution in [0.2, 0.25) is 5.02 Å². The van der Waals surface area contributed by atoms with Gasteiger partial charge >= 0.3 is 0 Å². The van der Waals surface area contributed by atoms with Gasteiger partial charge in [-0.3, -0.25) is 13.9 Å². The van der Waals surface area contributed by atoms with Crippen LogP contribution in [0, 0.1) is 6.92 Å². The van der Waals surface area contributed by atoms with E-state index in [0.29, 0.717) is 16.3 Å². The molecule has 0 radical (unpaired) electrons. The Kier molecular flexibility index (Phi) is 11.2. The van der Waals surface area contributed by atoms with E-state index in [1.54, 1.807) is 48.5 Å². The number of nitrogens with one attached hydrogen (secondary N) is 1. The fourth-order valence-corrected chi connectivity index (χ4v) is 7.63. The number of anilines is 1. The van der Waals surface area contributed by atoms with E-state index in [2.05, 4.69) is 5.32 Å². The second-order valence-corrected chi connectivity index (χ2v) is 14.1. The molecular weight excluding hydrogens is 634 g/mol. The first-order chi connectivity index (χ1) is 22.7. The molecule has 0 spiro atoms. The average molecular weight is 674 g/mol. The molecule has 0 saturated heterocycles. The molecule has 4 aromatic rings. The SMILES string of the molecule is COc1ccc(C)cc1N(CC(=O)N(Cc1cccc(Cl)c1)C(Cc1ccccc1)C(=O)NC1CCCC1)S(=O)(=O)c1ccccc1. The lowest BCUT2D eigenvalue weighted by atomic mass is 10.0. The third kappa shape index (κ3) is 8.53. The topological polar surface area (TPSA) is 96.0 Å². The fourth-order valence-electron chi connectivity index (χ4n) is 5.98. The maximum atomic E-state index is 14.7. The number of carbonyl (C=O) groups excluding carboxylic acids is 2. The Morgan fingerprint density at radius 3 is 2.21 bits per heavy atom. The molecule has 8 nitrogen and oxygen atoms in total. The minimum absolute atomic E-state index is 0.0235. The molecule has 246 valence electrons. The third-order valence-corrected chi connectivity index (χ3v) is 10.4. The van der Waals surface area contributed by atoms with Crippen LogP contribution in [0.4, 0.5) is 5.69 Å². The van der Waals surface area contributed by atoms with E-state index in [-0.39, 0.29) is 35.5 Å². The third-order valence-electron chi connectivity index (χ3n) is 8.43. The Balaban J connectivity index is 1.60. The molecule has 47 heavy (non-hydrogen) atoms. The number of benzene rings is 4. The summed E-state index contributed by atoms with van der Waals surface area (Å²) in [6.07, 6.45) is 4.06. The van der Waals surface area contributed by atoms with Crippen molar-refractivity contribution in [2.75, 3.05) is 18.0 Å². The first-order valence-corrected chi connectivity index (χ1v) is 17.6. The molecule has 0 aliphatic heterocycles. The van der Waals surface area contributed by atoms with Gasteiger partial charge in [0.1, 0.15) is 18.3 Å². The summed E-state index contributed by atoms with van der Waals surface area (Å²) in [5.74, 6) is -0.526. The number of ether oxygens (including phenoxy) is 1. The van der Waals surface area contributed by atoms with Crippen molar-refractivity contribution in [3.63, 3.8) is 0 Å². The van der Waals surface area contributed by atoms with Crippen LogP contribution in [0.5, 0.6) is 5.75 Å². The van der Waals surface area contributed by atoms with Crippen LogP contribution in [0.15, 0.2) is 108 Å². The number of hydrogen-bond donors (Lipinski definition) is 1. The van der Waals surface area contributed by atoms with Crippen molar-refractivity contribution >= 4 is 39.1 Å². The first-order valence-electron chi connectivity index (χ1n) is 15.8. The van der Waals surface area contributed by atoms with E-state index in [1.807, 2.05) is 49.4 Å². The fraction of sp³-hybridized carbons (Fsp3) is 0.297. The van der Waals surface area contributed by atoms with Crippen molar-refractivity contribution in [3.05, 3.63) is 125 Å². The van der Waals surface area contributed by atoms with E-state index in [4.69, 9.17) is 16.3 Å². The minimum Gasteiger partial charge on any atom is -0.495 e. The lowest BCUT2D eigenvalue weighted by Crippen LogP contribution is -2.54. The van der Waals surface area contributed by atoms with E-state index in [0.717, 1.165) is 41.1 Å². The summed E-state index contributed by atoms with van der Waals surface area (Å²) in [6.45, 7) is 1.31. The van der Waals surface area contributed by atoms with E-state index >= 15 is 0 Å². The molecule has 1 aliphatic rings. The summed E-state index contributed by atoms with van der Waals surface area (Å²) in [4.78, 5) is 30.4. The molecule has 4 aromatic carbocycles. The van der Waals surface area contributed by atoms with Crippen molar-refractivity contribution in [3.8, 4) is 5.75 Å². The summed E-state index contributed by atoms with van der Waals surface area (Å²) in [5, 5.41) is 3.68. The molecule has 1 N–H and O–H groups in total. The highest BCUT2D eigenvalue weighted by Crippen LogP contribution is 2.34. The Bertz CT molecular complexity index is 1780. The summed E-state index contributed by atoms with van der Waals surface area (Å²) in [6, 6.07) is 28.9. The number of sulfonamides is 1. The van der Waals surface area contributed by atoms with Crippen molar-refractivity contribution < 1.29 is 22.7 Å². The maximum absolute atomic E-state index is 14.7. The molecule has 0 heterocycles. The standard InChI is InChI=1S/C37H40ClN3O5S/c1-27-20-21-35(46-2)33(22-27)41(47(44,45)32-18-7-4-8-19-32)26-36(42)40(25-29-14-11-15-30(38)23-29)34(24-28-12-5-3-6-13-28)37(43)39-31-16-9-10-17-31/h3-8,11-15,18-23,31,34H,9-10,16-17,24-26H2,1-2H3,(H,39,43). The number of halogens is 1. The molecule has 1 atom stereocenters. The van der Waals surface area contributed by atoms with E-state index < -0.39 is 28.5 Å². The Labute approximate surface area is 282 Å². The second kappa shape index (κ2) is 15.5. The number of amides is 2. The van der Waals surface area contributed by atoms with Crippen LogP contribution in [-0.2, 0) is 32.6 Å². The van der Waals surface area contributed by atoms with Gasteiger partial charge in [-0.05, 0) is 72.9 Å². The quantitative estimate of drug-likeness (QED) is 0.174. The molecule has 0 aromatic heterocycles. The molecule has 1 saturated carbocycles. The molecule has 10 heteroatoms. The monoisotopic (exact) mass is 673 g/mol. The van der Waals surface area contributed by atoms with Gasteiger partial charge in [0.15, 0.2) is 0 Å². The van der Waals surface area contributed by atoms with Crippen molar-refractivity contribution in [2.24, 2.45) is 0 Å². The van der Waals surface area contributed by atoms with E-state index in [9.17, 15) is 18.0 Å². The Hall–Kier alpha value is -4.34. The summed E-state index contributed by atoms with van der Waals surface area (Å²) in [7, 11) is -2.79. The van der Waals surface area contributed by atoms with Crippen molar-refractivity contribution in [1.82, 2.24) is 10.2 Å². The highest BCUT2D eigenvalue weighted by Gasteiger charge is 2.36. The van der Waals surface area contributed by atoms with Crippen LogP contribution in [0.3, 0.4) is 0 Å². The average Bonchev–Trinajstić information content (AvgIpc) is 3.59. The number of rotatable bonds is 13. The number of carbonyl (C=O) groups is 2. The lowest BCUT2D eigenvalue weighted by molar-refractivity contribution is -0.140. The number of methoxy groups -OCH3 is 1. The van der Waals surface area contributed by atoms with Gasteiger partial charge in [0.2, 0.25) is 11.8 Å². The summed E-state index contributed by atoms with van der Waals surface area (Å²) >= 11 is 6.35. The number of aryl methyl sites for hydroxylation is 1. The van der Waals surface area contributed by atoms with Crippen molar-refractivity contribution in [1.29, 1.82) is 0 Å². The minimum atomic E-state index is -4.25. The maximum Gasteiger partial charge on any atom is 0.264 e. The lowest BCUT2D eigenvalue weighted by Gasteiger charge is -2.34. The predicted octanol–water partition coefficient (Wildman–Crippen LogP) is 6.55. The van der Waals surface area contributed by atoms with Crippen LogP contribution in [0.1, 0.15) is 42.4 Å². The van der Waals surface area contributed by atoms with Gasteiger partial charge < -0.3 is 15.0 Å². The van der Waals surface area contributed by atoms with E-state index in [1.165, 1.54) is 24.1 Å². The largest absolute Gasteiger partial charge is 0.495 e. The van der Waals surface area contributed by atoms with Gasteiger partial charge in [-0.2, -0.15) is 0 Å². The zero-order chi connectivity index (χ0) is 33.4. The van der Waals surface area contributed by atoms with Crippen LogP contribution in [0.25, 0.3) is 0 Å². The molecule has 0 bridgehead atoms. The second-order valence-electron chi connectivity index (χ2n) is 11.8. The molecule has 1 fully saturated rings. The zero-order valence-corrected chi connectivity index (χ0v) is 28.2. The molecular formula is C37H40ClN3O5S. The van der Waals surface area contributed by atoms with Gasteiger partial charge in [0.05, 0.1) is 17.7 Å². The normalized spacial score (nSPS) is 13.9. The van der Waals surface area contributed by atoms with Gasteiger partial charge in [-0.25, -0.2) is 8.42 Å². The van der Waals surface area contributed by atoms with Crippen molar-refractivity contribution in [2.45, 2.75) is 62.6 Å². The highest BCUT2D eigenvalue weighted by molar-refractivity contribution is 7.92. The number of nitrogens with zero attached hydrogens (tertiary/aromatic N) is 2. The molecule has 2 amide bonds. The molecule has 1 aliphatic carbocycles. The Morgan fingerprint density at radius 1 is 0.894 bits per heavy atom. The van der Waals surface area contributed by atoms with Crippen LogP contribution >= 0.6 is 11.6 Å². The first kappa shape index (κ1) is 34.0. The van der Waals surface area contributed by atoms with Crippen LogP contribution in [-0.4, -0.2) is 50.9 Å².